The third kappa shape index (κ3) is 2.71. The molecule has 3 heterocycles. The fourth-order valence-corrected chi connectivity index (χ4v) is 3.44. The van der Waals surface area contributed by atoms with Crippen LogP contribution in [0.25, 0.3) is 0 Å². The van der Waals surface area contributed by atoms with Crippen LogP contribution in [-0.2, 0) is 6.61 Å². The van der Waals surface area contributed by atoms with Gasteiger partial charge in [0.1, 0.15) is 5.82 Å². The Morgan fingerprint density at radius 2 is 2.11 bits per heavy atom. The van der Waals surface area contributed by atoms with Gasteiger partial charge in [0.15, 0.2) is 0 Å². The van der Waals surface area contributed by atoms with Crippen molar-refractivity contribution in [1.29, 1.82) is 0 Å². The summed E-state index contributed by atoms with van der Waals surface area (Å²) in [5, 5.41) is 9.73. The lowest BCUT2D eigenvalue weighted by Gasteiger charge is -2.24. The van der Waals surface area contributed by atoms with Gasteiger partial charge in [-0.25, -0.2) is 4.98 Å². The summed E-state index contributed by atoms with van der Waals surface area (Å²) in [6, 6.07) is 2.46. The summed E-state index contributed by atoms with van der Waals surface area (Å²) < 4.78 is 0. The Hall–Kier alpha value is -0.840. The lowest BCUT2D eigenvalue weighted by molar-refractivity contribution is 0.260. The van der Waals surface area contributed by atoms with Crippen LogP contribution in [0, 0.1) is 0 Å². The third-order valence-corrected chi connectivity index (χ3v) is 4.46. The van der Waals surface area contributed by atoms with Gasteiger partial charge in [-0.3, -0.25) is 4.90 Å². The first-order valence-electron chi connectivity index (χ1n) is 7.02. The molecule has 1 unspecified atom stereocenters. The maximum atomic E-state index is 9.08. The highest BCUT2D eigenvalue weighted by Crippen LogP contribution is 2.29. The fourth-order valence-electron chi connectivity index (χ4n) is 3.13. The Balaban J connectivity index is 1.70. The van der Waals surface area contributed by atoms with Crippen LogP contribution in [0.2, 0.25) is 5.02 Å². The standard InChI is InChI=1S/C14H20ClN3O/c15-13-7-11(10-19)8-16-14(13)18-6-3-12(9-18)17-4-1-2-5-17/h7-8,12,19H,1-6,9-10H2. The molecule has 0 aromatic carbocycles. The van der Waals surface area contributed by atoms with Gasteiger partial charge >= 0.3 is 0 Å². The van der Waals surface area contributed by atoms with Crippen molar-refractivity contribution >= 4 is 17.4 Å². The van der Waals surface area contributed by atoms with Crippen molar-refractivity contribution in [1.82, 2.24) is 9.88 Å². The van der Waals surface area contributed by atoms with Crippen LogP contribution in [-0.4, -0.2) is 47.2 Å². The lowest BCUT2D eigenvalue weighted by atomic mass is 10.2. The van der Waals surface area contributed by atoms with Gasteiger partial charge in [-0.1, -0.05) is 11.6 Å². The molecule has 2 aliphatic rings. The average Bonchev–Trinajstić information content (AvgIpc) is 3.09. The third-order valence-electron chi connectivity index (χ3n) is 4.18. The van der Waals surface area contributed by atoms with Gasteiger partial charge in [-0.15, -0.1) is 0 Å². The molecule has 3 rings (SSSR count). The van der Waals surface area contributed by atoms with Crippen molar-refractivity contribution in [2.24, 2.45) is 0 Å². The number of anilines is 1. The summed E-state index contributed by atoms with van der Waals surface area (Å²) in [6.45, 7) is 4.51. The summed E-state index contributed by atoms with van der Waals surface area (Å²) in [5.74, 6) is 0.862. The first-order chi connectivity index (χ1) is 9.28. The smallest absolute Gasteiger partial charge is 0.147 e. The number of aliphatic hydroxyl groups excluding tert-OH is 1. The molecule has 0 bridgehead atoms. The SMILES string of the molecule is OCc1cnc(N2CCC(N3CCCC3)C2)c(Cl)c1. The van der Waals surface area contributed by atoms with E-state index in [0.29, 0.717) is 11.1 Å². The Kier molecular flexibility index (Phi) is 3.91. The number of rotatable bonds is 3. The molecule has 1 aromatic heterocycles. The molecule has 2 saturated heterocycles. The van der Waals surface area contributed by atoms with Gasteiger partial charge in [0.25, 0.3) is 0 Å². The summed E-state index contributed by atoms with van der Waals surface area (Å²) in [7, 11) is 0. The maximum Gasteiger partial charge on any atom is 0.147 e. The van der Waals surface area contributed by atoms with Crippen LogP contribution in [0.4, 0.5) is 5.82 Å². The quantitative estimate of drug-likeness (QED) is 0.919. The number of likely N-dealkylation sites (tertiary alicyclic amines) is 1. The van der Waals surface area contributed by atoms with Crippen LogP contribution in [0.15, 0.2) is 12.3 Å². The Morgan fingerprint density at radius 1 is 1.32 bits per heavy atom. The van der Waals surface area contributed by atoms with E-state index in [1.165, 1.54) is 32.4 Å². The van der Waals surface area contributed by atoms with Gasteiger partial charge in [0.05, 0.1) is 11.6 Å². The molecule has 104 valence electrons. The van der Waals surface area contributed by atoms with E-state index in [1.54, 1.807) is 6.20 Å². The highest BCUT2D eigenvalue weighted by atomic mass is 35.5. The highest BCUT2D eigenvalue weighted by molar-refractivity contribution is 6.33. The highest BCUT2D eigenvalue weighted by Gasteiger charge is 2.30. The molecule has 19 heavy (non-hydrogen) atoms. The molecule has 2 aliphatic heterocycles. The molecule has 2 fully saturated rings. The lowest BCUT2D eigenvalue weighted by Crippen LogP contribution is -2.35. The topological polar surface area (TPSA) is 39.6 Å². The molecule has 1 atom stereocenters. The summed E-state index contributed by atoms with van der Waals surface area (Å²) in [5.41, 5.74) is 0.768. The van der Waals surface area contributed by atoms with Gasteiger partial charge in [0.2, 0.25) is 0 Å². The molecular formula is C14H20ClN3O. The van der Waals surface area contributed by atoms with Crippen molar-refractivity contribution in [2.75, 3.05) is 31.1 Å². The minimum absolute atomic E-state index is 0.0105. The van der Waals surface area contributed by atoms with Gasteiger partial charge in [0, 0.05) is 25.3 Å². The van der Waals surface area contributed by atoms with E-state index in [-0.39, 0.29) is 6.61 Å². The van der Waals surface area contributed by atoms with Crippen molar-refractivity contribution in [2.45, 2.75) is 31.9 Å². The van der Waals surface area contributed by atoms with Gasteiger partial charge in [-0.2, -0.15) is 0 Å². The predicted octanol–water partition coefficient (Wildman–Crippen LogP) is 1.90. The fraction of sp³-hybridized carbons (Fsp3) is 0.643. The van der Waals surface area contributed by atoms with E-state index in [0.717, 1.165) is 24.5 Å². The molecule has 0 saturated carbocycles. The van der Waals surface area contributed by atoms with E-state index in [4.69, 9.17) is 16.7 Å². The minimum atomic E-state index is -0.0105. The van der Waals surface area contributed by atoms with Crippen LogP contribution >= 0.6 is 11.6 Å². The molecule has 0 amide bonds. The summed E-state index contributed by atoms with van der Waals surface area (Å²) >= 11 is 6.27. The molecule has 5 heteroatoms. The summed E-state index contributed by atoms with van der Waals surface area (Å²) in [6.07, 6.45) is 5.57. The number of hydrogen-bond acceptors (Lipinski definition) is 4. The number of aromatic nitrogens is 1. The van der Waals surface area contributed by atoms with Crippen molar-refractivity contribution in [3.05, 3.63) is 22.8 Å². The van der Waals surface area contributed by atoms with E-state index >= 15 is 0 Å². The molecule has 4 nitrogen and oxygen atoms in total. The van der Waals surface area contributed by atoms with Crippen LogP contribution < -0.4 is 4.90 Å². The molecule has 1 aromatic rings. The van der Waals surface area contributed by atoms with E-state index < -0.39 is 0 Å². The first-order valence-corrected chi connectivity index (χ1v) is 7.40. The molecule has 1 N–H and O–H groups in total. The number of hydrogen-bond donors (Lipinski definition) is 1. The Morgan fingerprint density at radius 3 is 2.79 bits per heavy atom. The van der Waals surface area contributed by atoms with E-state index in [1.807, 2.05) is 6.07 Å². The molecular weight excluding hydrogens is 262 g/mol. The van der Waals surface area contributed by atoms with Crippen molar-refractivity contribution < 1.29 is 5.11 Å². The van der Waals surface area contributed by atoms with E-state index in [2.05, 4.69) is 14.8 Å². The normalized spacial score (nSPS) is 24.3. The largest absolute Gasteiger partial charge is 0.392 e. The summed E-state index contributed by atoms with van der Waals surface area (Å²) in [4.78, 5) is 9.27. The monoisotopic (exact) mass is 281 g/mol. The average molecular weight is 282 g/mol. The molecule has 0 spiro atoms. The number of halogens is 1. The number of pyridine rings is 1. The van der Waals surface area contributed by atoms with E-state index in [9.17, 15) is 0 Å². The first kappa shape index (κ1) is 13.2. The van der Waals surface area contributed by atoms with Crippen molar-refractivity contribution in [3.8, 4) is 0 Å². The van der Waals surface area contributed by atoms with Crippen LogP contribution in [0.1, 0.15) is 24.8 Å². The predicted molar refractivity (Wildman–Crippen MR) is 76.6 cm³/mol. The molecule has 0 radical (unpaired) electrons. The van der Waals surface area contributed by atoms with Gasteiger partial charge < -0.3 is 10.0 Å². The zero-order valence-electron chi connectivity index (χ0n) is 11.1. The Bertz CT molecular complexity index is 448. The number of nitrogens with zero attached hydrogens (tertiary/aromatic N) is 3. The second-order valence-electron chi connectivity index (χ2n) is 5.44. The number of aliphatic hydroxyl groups is 1. The second kappa shape index (κ2) is 5.65. The minimum Gasteiger partial charge on any atom is -0.392 e. The Labute approximate surface area is 119 Å². The van der Waals surface area contributed by atoms with Crippen LogP contribution in [0.3, 0.4) is 0 Å². The van der Waals surface area contributed by atoms with Crippen LogP contribution in [0.5, 0.6) is 0 Å². The maximum absolute atomic E-state index is 9.08. The zero-order valence-corrected chi connectivity index (χ0v) is 11.8. The zero-order chi connectivity index (χ0) is 13.2. The van der Waals surface area contributed by atoms with Gasteiger partial charge in [-0.05, 0) is 44.0 Å². The van der Waals surface area contributed by atoms with Crippen molar-refractivity contribution in [3.63, 3.8) is 0 Å². The molecule has 0 aliphatic carbocycles. The second-order valence-corrected chi connectivity index (χ2v) is 5.85.